The summed E-state index contributed by atoms with van der Waals surface area (Å²) in [5.41, 5.74) is 4.03. The highest BCUT2D eigenvalue weighted by molar-refractivity contribution is 5.71. The molecule has 1 atom stereocenters. The molecule has 0 bridgehead atoms. The van der Waals surface area contributed by atoms with Gasteiger partial charge in [-0.15, -0.1) is 0 Å². The highest BCUT2D eigenvalue weighted by atomic mass is 16.5. The van der Waals surface area contributed by atoms with Gasteiger partial charge in [0.2, 0.25) is 0 Å². The van der Waals surface area contributed by atoms with E-state index in [0.29, 0.717) is 24.9 Å². The average Bonchev–Trinajstić information content (AvgIpc) is 2.48. The molecule has 1 N–H and O–H groups in total. The van der Waals surface area contributed by atoms with E-state index in [-0.39, 0.29) is 5.92 Å². The number of hydrogen-bond donors (Lipinski definition) is 1. The molecule has 1 heterocycles. The van der Waals surface area contributed by atoms with Gasteiger partial charge in [-0.25, -0.2) is 0 Å². The van der Waals surface area contributed by atoms with E-state index in [1.165, 1.54) is 16.7 Å². The number of fused-ring (bicyclic) bond motifs is 1. The first-order chi connectivity index (χ1) is 11.4. The molecule has 3 rings (SSSR count). The van der Waals surface area contributed by atoms with Gasteiger partial charge in [0.25, 0.3) is 0 Å². The monoisotopic (exact) mass is 329 g/mol. The molecule has 130 valence electrons. The minimum Gasteiger partial charge on any atom is -0.493 e. The van der Waals surface area contributed by atoms with Crippen LogP contribution in [0, 0.1) is 17.8 Å². The Labute approximate surface area is 144 Å². The molecule has 0 unspecified atom stereocenters. The summed E-state index contributed by atoms with van der Waals surface area (Å²) in [4.78, 5) is 13.1. The van der Waals surface area contributed by atoms with Gasteiger partial charge in [0.1, 0.15) is 5.75 Å². The van der Waals surface area contributed by atoms with Crippen LogP contribution in [0.3, 0.4) is 0 Å². The van der Waals surface area contributed by atoms with Gasteiger partial charge in [0.05, 0.1) is 12.5 Å². The van der Waals surface area contributed by atoms with E-state index in [1.54, 1.807) is 0 Å². The van der Waals surface area contributed by atoms with E-state index in [9.17, 15) is 4.79 Å². The molecule has 4 nitrogen and oxygen atoms in total. The summed E-state index contributed by atoms with van der Waals surface area (Å²) < 4.78 is 5.84. The number of carboxylic acid groups (broad SMARTS) is 1. The van der Waals surface area contributed by atoms with Crippen LogP contribution in [0.4, 0.5) is 0 Å². The maximum Gasteiger partial charge on any atom is 0.309 e. The van der Waals surface area contributed by atoms with E-state index < -0.39 is 5.97 Å². The lowest BCUT2D eigenvalue weighted by Gasteiger charge is -2.38. The Kier molecular flexibility index (Phi) is 4.95. The first-order valence-electron chi connectivity index (χ1n) is 8.83. The van der Waals surface area contributed by atoms with Crippen LogP contribution in [0.2, 0.25) is 0 Å². The zero-order chi connectivity index (χ0) is 17.3. The summed E-state index contributed by atoms with van der Waals surface area (Å²) in [6.07, 6.45) is 3.31. The minimum atomic E-state index is -0.670. The first-order valence-corrected chi connectivity index (χ1v) is 8.83. The molecule has 24 heavy (non-hydrogen) atoms. The molecule has 1 saturated heterocycles. The number of carboxylic acids is 1. The van der Waals surface area contributed by atoms with Gasteiger partial charge >= 0.3 is 5.97 Å². The van der Waals surface area contributed by atoms with Gasteiger partial charge in [0, 0.05) is 19.6 Å². The smallest absolute Gasteiger partial charge is 0.309 e. The normalized spacial score (nSPS) is 21.2. The molecule has 0 spiro atoms. The van der Waals surface area contributed by atoms with Crippen LogP contribution in [-0.2, 0) is 11.2 Å². The van der Waals surface area contributed by atoms with E-state index in [4.69, 9.17) is 9.84 Å². The Balaban J connectivity index is 1.65. The van der Waals surface area contributed by atoms with Crippen molar-refractivity contribution < 1.29 is 14.6 Å². The van der Waals surface area contributed by atoms with Gasteiger partial charge in [-0.05, 0) is 41.5 Å². The number of ether oxygens (including phenoxy) is 1. The third-order valence-electron chi connectivity index (χ3n) is 4.91. The summed E-state index contributed by atoms with van der Waals surface area (Å²) in [5.74, 6) is 1.12. The number of likely N-dealkylation sites (tertiary alicyclic amines) is 1. The fraction of sp³-hybridized carbons (Fsp3) is 0.550. The summed E-state index contributed by atoms with van der Waals surface area (Å²) in [6, 6.07) is 6.37. The fourth-order valence-corrected chi connectivity index (χ4v) is 3.37. The number of hydrogen-bond acceptors (Lipinski definition) is 3. The Morgan fingerprint density at radius 3 is 2.79 bits per heavy atom. The van der Waals surface area contributed by atoms with Crippen molar-refractivity contribution in [1.82, 2.24) is 4.90 Å². The molecule has 1 fully saturated rings. The molecule has 0 saturated carbocycles. The minimum absolute atomic E-state index is 0.183. The van der Waals surface area contributed by atoms with Crippen molar-refractivity contribution in [3.05, 3.63) is 34.9 Å². The highest BCUT2D eigenvalue weighted by Gasteiger charge is 2.33. The largest absolute Gasteiger partial charge is 0.493 e. The maximum absolute atomic E-state index is 10.9. The van der Waals surface area contributed by atoms with Gasteiger partial charge in [0.15, 0.2) is 0 Å². The topological polar surface area (TPSA) is 49.8 Å². The SMILES string of the molecule is CC(C)COc1ccc2c(c1)C[C@@H](C)C(CN1CC(C(=O)O)C1)=C2. The second-order valence-electron chi connectivity index (χ2n) is 7.62. The molecule has 0 aromatic heterocycles. The molecule has 1 aliphatic heterocycles. The summed E-state index contributed by atoms with van der Waals surface area (Å²) in [5, 5.41) is 8.99. The standard InChI is InChI=1S/C20H27NO3/c1-13(2)12-24-19-5-4-15-7-17(14(3)6-16(15)8-19)9-21-10-18(11-21)20(22)23/h4-5,7-8,13-14,18H,6,9-12H2,1-3H3,(H,22,23)/t14-/m1/s1. The van der Waals surface area contributed by atoms with Crippen molar-refractivity contribution >= 4 is 12.0 Å². The fourth-order valence-electron chi connectivity index (χ4n) is 3.37. The van der Waals surface area contributed by atoms with Crippen molar-refractivity contribution in [2.75, 3.05) is 26.2 Å². The summed E-state index contributed by atoms with van der Waals surface area (Å²) >= 11 is 0. The van der Waals surface area contributed by atoms with Crippen molar-refractivity contribution in [2.24, 2.45) is 17.8 Å². The van der Waals surface area contributed by atoms with Crippen LogP contribution >= 0.6 is 0 Å². The van der Waals surface area contributed by atoms with E-state index >= 15 is 0 Å². The van der Waals surface area contributed by atoms with Crippen LogP contribution < -0.4 is 4.74 Å². The summed E-state index contributed by atoms with van der Waals surface area (Å²) in [6.45, 7) is 9.54. The molecular weight excluding hydrogens is 302 g/mol. The van der Waals surface area contributed by atoms with Crippen LogP contribution in [-0.4, -0.2) is 42.2 Å². The quantitative estimate of drug-likeness (QED) is 0.870. The number of carbonyl (C=O) groups is 1. The Morgan fingerprint density at radius 2 is 2.12 bits per heavy atom. The van der Waals surface area contributed by atoms with Crippen LogP contribution in [0.1, 0.15) is 31.9 Å². The second kappa shape index (κ2) is 6.98. The number of nitrogens with zero attached hydrogens (tertiary/aromatic N) is 1. The zero-order valence-corrected chi connectivity index (χ0v) is 14.8. The van der Waals surface area contributed by atoms with Crippen molar-refractivity contribution in [3.63, 3.8) is 0 Å². The molecule has 4 heteroatoms. The summed E-state index contributed by atoms with van der Waals surface area (Å²) in [7, 11) is 0. The molecule has 0 radical (unpaired) electrons. The average molecular weight is 329 g/mol. The van der Waals surface area contributed by atoms with Crippen molar-refractivity contribution in [3.8, 4) is 5.75 Å². The second-order valence-corrected chi connectivity index (χ2v) is 7.62. The van der Waals surface area contributed by atoms with Gasteiger partial charge in [-0.3, -0.25) is 9.69 Å². The number of rotatable bonds is 6. The van der Waals surface area contributed by atoms with Crippen molar-refractivity contribution in [2.45, 2.75) is 27.2 Å². The lowest BCUT2D eigenvalue weighted by Crippen LogP contribution is -2.51. The zero-order valence-electron chi connectivity index (χ0n) is 14.8. The predicted octanol–water partition coefficient (Wildman–Crippen LogP) is 3.31. The van der Waals surface area contributed by atoms with Crippen LogP contribution in [0.25, 0.3) is 6.08 Å². The number of aliphatic carboxylic acids is 1. The lowest BCUT2D eigenvalue weighted by atomic mass is 9.83. The van der Waals surface area contributed by atoms with Gasteiger partial charge in [-0.2, -0.15) is 0 Å². The molecule has 2 aliphatic rings. The van der Waals surface area contributed by atoms with Crippen LogP contribution in [0.15, 0.2) is 23.8 Å². The Hall–Kier alpha value is -1.81. The maximum atomic E-state index is 10.9. The lowest BCUT2D eigenvalue weighted by molar-refractivity contribution is -0.147. The Bertz CT molecular complexity index is 644. The van der Waals surface area contributed by atoms with Gasteiger partial charge < -0.3 is 9.84 Å². The number of benzene rings is 1. The third-order valence-corrected chi connectivity index (χ3v) is 4.91. The first kappa shape index (κ1) is 17.0. The molecule has 1 aromatic carbocycles. The Morgan fingerprint density at radius 1 is 1.38 bits per heavy atom. The van der Waals surface area contributed by atoms with Crippen molar-refractivity contribution in [1.29, 1.82) is 0 Å². The van der Waals surface area contributed by atoms with Gasteiger partial charge in [-0.1, -0.05) is 38.5 Å². The van der Waals surface area contributed by atoms with Crippen LogP contribution in [0.5, 0.6) is 5.75 Å². The molecular formula is C20H27NO3. The molecule has 1 aromatic rings. The van der Waals surface area contributed by atoms with E-state index in [0.717, 1.165) is 25.3 Å². The highest BCUT2D eigenvalue weighted by Crippen LogP contribution is 2.32. The predicted molar refractivity (Wildman–Crippen MR) is 95.2 cm³/mol. The molecule has 0 amide bonds. The molecule has 1 aliphatic carbocycles. The van der Waals surface area contributed by atoms with E-state index in [1.807, 2.05) is 0 Å². The van der Waals surface area contributed by atoms with E-state index in [2.05, 4.69) is 49.9 Å². The third kappa shape index (κ3) is 3.81.